The van der Waals surface area contributed by atoms with Crippen molar-refractivity contribution in [3.63, 3.8) is 0 Å². The predicted octanol–water partition coefficient (Wildman–Crippen LogP) is 4.45. The van der Waals surface area contributed by atoms with Gasteiger partial charge < -0.3 is 24.6 Å². The Morgan fingerprint density at radius 2 is 1.66 bits per heavy atom. The third-order valence-electron chi connectivity index (χ3n) is 6.17. The van der Waals surface area contributed by atoms with E-state index in [9.17, 15) is 9.59 Å². The van der Waals surface area contributed by atoms with E-state index >= 15 is 0 Å². The van der Waals surface area contributed by atoms with Gasteiger partial charge in [0.1, 0.15) is 12.4 Å². The molecule has 1 amide bonds. The minimum atomic E-state index is -0.445. The fourth-order valence-electron chi connectivity index (χ4n) is 4.12. The monoisotopic (exact) mass is 473 g/mol. The maximum absolute atomic E-state index is 13.2. The van der Waals surface area contributed by atoms with E-state index in [0.717, 1.165) is 44.0 Å². The number of carbonyl (C=O) groups excluding carboxylic acids is 2. The van der Waals surface area contributed by atoms with E-state index in [2.05, 4.69) is 22.0 Å². The number of benzene rings is 3. The largest absolute Gasteiger partial charge is 0.489 e. The molecule has 1 heterocycles. The van der Waals surface area contributed by atoms with Crippen molar-refractivity contribution in [2.75, 3.05) is 50.1 Å². The number of rotatable bonds is 8. The normalized spacial score (nSPS) is 13.8. The van der Waals surface area contributed by atoms with Crippen LogP contribution in [0.5, 0.6) is 5.75 Å². The van der Waals surface area contributed by atoms with Gasteiger partial charge >= 0.3 is 5.97 Å². The zero-order valence-corrected chi connectivity index (χ0v) is 20.2. The molecule has 1 aliphatic heterocycles. The zero-order valence-electron chi connectivity index (χ0n) is 20.2. The summed E-state index contributed by atoms with van der Waals surface area (Å²) < 4.78 is 10.8. The molecule has 1 N–H and O–H groups in total. The van der Waals surface area contributed by atoms with Gasteiger partial charge in [0.2, 0.25) is 0 Å². The van der Waals surface area contributed by atoms with Gasteiger partial charge in [-0.2, -0.15) is 0 Å². The SMILES string of the molecule is CCN1CCN(c2ccc(C(=O)OC)cc2NC(=O)c2cccc(OCc3ccccc3)c2)CC1. The Balaban J connectivity index is 1.53. The van der Waals surface area contributed by atoms with Crippen molar-refractivity contribution in [1.29, 1.82) is 0 Å². The summed E-state index contributed by atoms with van der Waals surface area (Å²) in [6.07, 6.45) is 0. The molecule has 0 bridgehead atoms. The summed E-state index contributed by atoms with van der Waals surface area (Å²) in [5.41, 5.74) is 3.38. The average Bonchev–Trinajstić information content (AvgIpc) is 2.92. The minimum absolute atomic E-state index is 0.273. The number of carbonyl (C=O) groups is 2. The Kier molecular flexibility index (Phi) is 8.00. The van der Waals surface area contributed by atoms with Gasteiger partial charge in [-0.25, -0.2) is 4.79 Å². The Labute approximate surface area is 206 Å². The number of methoxy groups -OCH3 is 1. The van der Waals surface area contributed by atoms with E-state index in [1.54, 1.807) is 30.3 Å². The highest BCUT2D eigenvalue weighted by molar-refractivity contribution is 6.07. The molecule has 0 unspecified atom stereocenters. The molecule has 182 valence electrons. The van der Waals surface area contributed by atoms with Crippen molar-refractivity contribution in [1.82, 2.24) is 4.90 Å². The Hall–Kier alpha value is -3.84. The maximum atomic E-state index is 13.2. The molecule has 7 heteroatoms. The van der Waals surface area contributed by atoms with Gasteiger partial charge in [0.25, 0.3) is 5.91 Å². The number of amides is 1. The minimum Gasteiger partial charge on any atom is -0.489 e. The number of ether oxygens (including phenoxy) is 2. The molecule has 1 aliphatic rings. The maximum Gasteiger partial charge on any atom is 0.337 e. The molecule has 1 fully saturated rings. The first-order valence-electron chi connectivity index (χ1n) is 11.8. The Morgan fingerprint density at radius 1 is 0.886 bits per heavy atom. The number of hydrogen-bond acceptors (Lipinski definition) is 6. The second-order valence-electron chi connectivity index (χ2n) is 8.40. The van der Waals surface area contributed by atoms with Gasteiger partial charge in [0, 0.05) is 31.7 Å². The van der Waals surface area contributed by atoms with Gasteiger partial charge in [0.15, 0.2) is 0 Å². The summed E-state index contributed by atoms with van der Waals surface area (Å²) in [4.78, 5) is 30.0. The fourth-order valence-corrected chi connectivity index (χ4v) is 4.12. The molecule has 3 aromatic carbocycles. The van der Waals surface area contributed by atoms with E-state index in [1.165, 1.54) is 7.11 Å². The summed E-state index contributed by atoms with van der Waals surface area (Å²) in [6, 6.07) is 22.3. The van der Waals surface area contributed by atoms with Crippen LogP contribution >= 0.6 is 0 Å². The Morgan fingerprint density at radius 3 is 2.37 bits per heavy atom. The average molecular weight is 474 g/mol. The third-order valence-corrected chi connectivity index (χ3v) is 6.17. The molecule has 4 rings (SSSR count). The first kappa shape index (κ1) is 24.3. The lowest BCUT2D eigenvalue weighted by molar-refractivity contribution is 0.0600. The second kappa shape index (κ2) is 11.5. The van der Waals surface area contributed by atoms with Crippen LogP contribution in [-0.2, 0) is 11.3 Å². The van der Waals surface area contributed by atoms with Crippen molar-refractivity contribution in [3.05, 3.63) is 89.5 Å². The molecular formula is C28H31N3O4. The van der Waals surface area contributed by atoms with Crippen LogP contribution in [0.25, 0.3) is 0 Å². The lowest BCUT2D eigenvalue weighted by atomic mass is 10.1. The number of likely N-dealkylation sites (N-methyl/N-ethyl adjacent to an activating group) is 1. The van der Waals surface area contributed by atoms with Crippen LogP contribution in [0.4, 0.5) is 11.4 Å². The Bertz CT molecular complexity index is 1160. The number of hydrogen-bond donors (Lipinski definition) is 1. The first-order chi connectivity index (χ1) is 17.1. The van der Waals surface area contributed by atoms with Gasteiger partial charge in [-0.05, 0) is 48.5 Å². The van der Waals surface area contributed by atoms with Crippen LogP contribution in [0, 0.1) is 0 Å². The van der Waals surface area contributed by atoms with Crippen molar-refractivity contribution in [2.45, 2.75) is 13.5 Å². The number of esters is 1. The van der Waals surface area contributed by atoms with Crippen LogP contribution in [0.3, 0.4) is 0 Å². The summed E-state index contributed by atoms with van der Waals surface area (Å²) in [6.45, 7) is 7.17. The molecule has 0 saturated carbocycles. The fraction of sp³-hybridized carbons (Fsp3) is 0.286. The van der Waals surface area contributed by atoms with Crippen molar-refractivity contribution in [3.8, 4) is 5.75 Å². The molecule has 1 saturated heterocycles. The lowest BCUT2D eigenvalue weighted by Gasteiger charge is -2.36. The van der Waals surface area contributed by atoms with Crippen LogP contribution in [0.2, 0.25) is 0 Å². The topological polar surface area (TPSA) is 71.1 Å². The van der Waals surface area contributed by atoms with E-state index < -0.39 is 5.97 Å². The van der Waals surface area contributed by atoms with Crippen molar-refractivity contribution >= 4 is 23.3 Å². The molecule has 0 atom stereocenters. The number of nitrogens with zero attached hydrogens (tertiary/aromatic N) is 2. The number of piperazine rings is 1. The quantitative estimate of drug-likeness (QED) is 0.488. The molecule has 0 aliphatic carbocycles. The van der Waals surface area contributed by atoms with Crippen LogP contribution in [0.15, 0.2) is 72.8 Å². The highest BCUT2D eigenvalue weighted by Gasteiger charge is 2.21. The summed E-state index contributed by atoms with van der Waals surface area (Å²) in [5, 5.41) is 3.01. The van der Waals surface area contributed by atoms with Gasteiger partial charge in [-0.1, -0.05) is 43.3 Å². The van der Waals surface area contributed by atoms with Gasteiger partial charge in [-0.15, -0.1) is 0 Å². The van der Waals surface area contributed by atoms with Crippen LogP contribution in [-0.4, -0.2) is 56.6 Å². The second-order valence-corrected chi connectivity index (χ2v) is 8.40. The molecule has 0 spiro atoms. The number of nitrogens with one attached hydrogen (secondary N) is 1. The lowest BCUT2D eigenvalue weighted by Crippen LogP contribution is -2.46. The smallest absolute Gasteiger partial charge is 0.337 e. The summed E-state index contributed by atoms with van der Waals surface area (Å²) in [7, 11) is 1.35. The van der Waals surface area contributed by atoms with Crippen molar-refractivity contribution in [2.24, 2.45) is 0 Å². The molecule has 0 radical (unpaired) electrons. The molecule has 3 aromatic rings. The van der Waals surface area contributed by atoms with Gasteiger partial charge in [0.05, 0.1) is 24.0 Å². The van der Waals surface area contributed by atoms with Crippen LogP contribution in [0.1, 0.15) is 33.2 Å². The first-order valence-corrected chi connectivity index (χ1v) is 11.8. The van der Waals surface area contributed by atoms with E-state index in [0.29, 0.717) is 29.2 Å². The molecule has 35 heavy (non-hydrogen) atoms. The summed E-state index contributed by atoms with van der Waals surface area (Å²) >= 11 is 0. The predicted molar refractivity (Wildman–Crippen MR) is 137 cm³/mol. The van der Waals surface area contributed by atoms with Crippen molar-refractivity contribution < 1.29 is 19.1 Å². The van der Waals surface area contributed by atoms with Crippen LogP contribution < -0.4 is 15.0 Å². The number of anilines is 2. The summed E-state index contributed by atoms with van der Waals surface area (Å²) in [5.74, 6) is -0.106. The van der Waals surface area contributed by atoms with Gasteiger partial charge in [-0.3, -0.25) is 4.79 Å². The molecular weight excluding hydrogens is 442 g/mol. The molecule has 7 nitrogen and oxygen atoms in total. The highest BCUT2D eigenvalue weighted by atomic mass is 16.5. The van der Waals surface area contributed by atoms with E-state index in [-0.39, 0.29) is 5.91 Å². The molecule has 0 aromatic heterocycles. The highest BCUT2D eigenvalue weighted by Crippen LogP contribution is 2.29. The standard InChI is InChI=1S/C28H31N3O4/c1-3-30-14-16-31(17-15-30)26-13-12-23(28(33)34-2)19-25(26)29-27(32)22-10-7-11-24(18-22)35-20-21-8-5-4-6-9-21/h4-13,18-19H,3,14-17,20H2,1-2H3,(H,29,32). The van der Waals surface area contributed by atoms with E-state index in [4.69, 9.17) is 9.47 Å². The van der Waals surface area contributed by atoms with E-state index in [1.807, 2.05) is 42.5 Å². The zero-order chi connectivity index (χ0) is 24.6. The third kappa shape index (κ3) is 6.19.